The molecule has 2 aromatic carbocycles. The molecule has 1 aromatic heterocycles. The molecule has 2 atom stereocenters. The number of ether oxygens (including phenoxy) is 2. The first-order valence-electron chi connectivity index (χ1n) is 9.38. The lowest BCUT2D eigenvalue weighted by Crippen LogP contribution is -2.28. The Morgan fingerprint density at radius 2 is 1.90 bits per heavy atom. The van der Waals surface area contributed by atoms with Crippen LogP contribution in [0.5, 0.6) is 5.75 Å². The van der Waals surface area contributed by atoms with E-state index >= 15 is 0 Å². The van der Waals surface area contributed by atoms with Crippen LogP contribution in [0.4, 0.5) is 11.9 Å². The van der Waals surface area contributed by atoms with Crippen LogP contribution in [0.25, 0.3) is 0 Å². The third-order valence-electron chi connectivity index (χ3n) is 4.92. The summed E-state index contributed by atoms with van der Waals surface area (Å²) in [5.41, 5.74) is 2.26. The highest BCUT2D eigenvalue weighted by molar-refractivity contribution is 5.90. The first kappa shape index (κ1) is 18.9. The number of amides is 1. The van der Waals surface area contributed by atoms with Crippen LogP contribution in [0.3, 0.4) is 0 Å². The van der Waals surface area contributed by atoms with Gasteiger partial charge in [0.05, 0.1) is 19.2 Å². The van der Waals surface area contributed by atoms with Crippen LogP contribution in [0.1, 0.15) is 29.6 Å². The summed E-state index contributed by atoms with van der Waals surface area (Å²) in [6, 6.07) is 18.2. The van der Waals surface area contributed by atoms with Crippen LogP contribution in [-0.2, 0) is 9.53 Å². The Morgan fingerprint density at radius 3 is 2.59 bits per heavy atom. The molecule has 29 heavy (non-hydrogen) atoms. The molecule has 8 heteroatoms. The monoisotopic (exact) mass is 393 g/mol. The first-order chi connectivity index (χ1) is 14.2. The Kier molecular flexibility index (Phi) is 5.44. The average Bonchev–Trinajstić information content (AvgIpc) is 3.16. The van der Waals surface area contributed by atoms with Gasteiger partial charge in [-0.05, 0) is 29.7 Å². The molecule has 0 bridgehead atoms. The summed E-state index contributed by atoms with van der Waals surface area (Å²) < 4.78 is 12.0. The summed E-state index contributed by atoms with van der Waals surface area (Å²) in [6.45, 7) is -0.0477. The standard InChI is InChI=1S/C21H23N5O3/c1-28-13-19(27)23-20-24-21-22-17(14-8-10-16(29-2)11-9-14)12-18(26(21)25-20)15-6-4-3-5-7-15/h3-11,17-18H,12-13H2,1-2H3,(H2,22,23,24,25,27)/t17-,18-/m0/s1. The van der Waals surface area contributed by atoms with Crippen molar-refractivity contribution in [3.63, 3.8) is 0 Å². The number of methoxy groups -OCH3 is 2. The maximum absolute atomic E-state index is 11.9. The van der Waals surface area contributed by atoms with Crippen molar-refractivity contribution < 1.29 is 14.3 Å². The van der Waals surface area contributed by atoms with Gasteiger partial charge >= 0.3 is 0 Å². The lowest BCUT2D eigenvalue weighted by molar-refractivity contribution is -0.119. The van der Waals surface area contributed by atoms with Crippen LogP contribution in [0, 0.1) is 0 Å². The van der Waals surface area contributed by atoms with Gasteiger partial charge in [0.25, 0.3) is 11.9 Å². The first-order valence-corrected chi connectivity index (χ1v) is 9.38. The molecule has 0 unspecified atom stereocenters. The topological polar surface area (TPSA) is 90.3 Å². The van der Waals surface area contributed by atoms with Gasteiger partial charge in [-0.25, -0.2) is 4.68 Å². The molecule has 2 N–H and O–H groups in total. The van der Waals surface area contributed by atoms with E-state index in [0.717, 1.165) is 23.3 Å². The van der Waals surface area contributed by atoms with Crippen LogP contribution in [0.15, 0.2) is 54.6 Å². The molecule has 3 aromatic rings. The predicted octanol–water partition coefficient (Wildman–Crippen LogP) is 3.02. The number of hydrogen-bond donors (Lipinski definition) is 2. The van der Waals surface area contributed by atoms with Crippen molar-refractivity contribution in [1.29, 1.82) is 0 Å². The summed E-state index contributed by atoms with van der Waals surface area (Å²) in [4.78, 5) is 16.4. The Hall–Kier alpha value is -3.39. The van der Waals surface area contributed by atoms with Gasteiger partial charge in [-0.3, -0.25) is 10.1 Å². The van der Waals surface area contributed by atoms with Gasteiger partial charge in [0.15, 0.2) is 0 Å². The summed E-state index contributed by atoms with van der Waals surface area (Å²) in [5.74, 6) is 1.39. The molecule has 0 radical (unpaired) electrons. The Bertz CT molecular complexity index is 972. The Labute approximate surface area is 168 Å². The van der Waals surface area contributed by atoms with Crippen molar-refractivity contribution in [2.75, 3.05) is 31.5 Å². The van der Waals surface area contributed by atoms with E-state index in [4.69, 9.17) is 9.47 Å². The van der Waals surface area contributed by atoms with Crippen molar-refractivity contribution in [3.8, 4) is 5.75 Å². The number of aromatic nitrogens is 3. The fraction of sp³-hybridized carbons (Fsp3) is 0.286. The minimum absolute atomic E-state index is 0.0138. The number of carbonyl (C=O) groups excluding carboxylic acids is 1. The van der Waals surface area contributed by atoms with Crippen LogP contribution in [0.2, 0.25) is 0 Å². The third-order valence-corrected chi connectivity index (χ3v) is 4.92. The van der Waals surface area contributed by atoms with Crippen LogP contribution < -0.4 is 15.4 Å². The Balaban J connectivity index is 1.67. The fourth-order valence-corrected chi connectivity index (χ4v) is 3.53. The van der Waals surface area contributed by atoms with E-state index in [9.17, 15) is 4.79 Å². The molecule has 1 amide bonds. The second-order valence-corrected chi connectivity index (χ2v) is 6.82. The van der Waals surface area contributed by atoms with E-state index in [1.54, 1.807) is 7.11 Å². The maximum atomic E-state index is 11.9. The molecular formula is C21H23N5O3. The summed E-state index contributed by atoms with van der Waals surface area (Å²) >= 11 is 0. The lowest BCUT2D eigenvalue weighted by atomic mass is 9.93. The molecule has 1 aliphatic rings. The zero-order chi connectivity index (χ0) is 20.2. The molecule has 0 fully saturated rings. The SMILES string of the molecule is COCC(=O)Nc1nc2n(n1)[C@H](c1ccccc1)C[C@@H](c1ccc(OC)cc1)N2. The number of nitrogens with one attached hydrogen (secondary N) is 2. The highest BCUT2D eigenvalue weighted by Crippen LogP contribution is 2.38. The lowest BCUT2D eigenvalue weighted by Gasteiger charge is -2.31. The zero-order valence-electron chi connectivity index (χ0n) is 16.3. The minimum atomic E-state index is -0.293. The summed E-state index contributed by atoms with van der Waals surface area (Å²) in [5, 5.41) is 10.6. The van der Waals surface area contributed by atoms with Crippen molar-refractivity contribution >= 4 is 17.8 Å². The largest absolute Gasteiger partial charge is 0.497 e. The second-order valence-electron chi connectivity index (χ2n) is 6.82. The molecule has 0 saturated heterocycles. The molecule has 0 aliphatic carbocycles. The number of hydrogen-bond acceptors (Lipinski definition) is 6. The van der Waals surface area contributed by atoms with Crippen LogP contribution >= 0.6 is 0 Å². The van der Waals surface area contributed by atoms with E-state index in [-0.39, 0.29) is 30.5 Å². The number of carbonyl (C=O) groups is 1. The molecule has 1 aliphatic heterocycles. The summed E-state index contributed by atoms with van der Waals surface area (Å²) in [6.07, 6.45) is 0.790. The number of fused-ring (bicyclic) bond motifs is 1. The third kappa shape index (κ3) is 4.07. The number of nitrogens with zero attached hydrogens (tertiary/aromatic N) is 3. The number of rotatable bonds is 6. The van der Waals surface area contributed by atoms with Crippen LogP contribution in [-0.4, -0.2) is 41.5 Å². The van der Waals surface area contributed by atoms with Gasteiger partial charge in [0, 0.05) is 7.11 Å². The molecule has 4 rings (SSSR count). The molecule has 2 heterocycles. The molecule has 8 nitrogen and oxygen atoms in total. The van der Waals surface area contributed by atoms with Gasteiger partial charge < -0.3 is 14.8 Å². The van der Waals surface area contributed by atoms with Gasteiger partial charge in [-0.2, -0.15) is 4.98 Å². The highest BCUT2D eigenvalue weighted by Gasteiger charge is 2.31. The quantitative estimate of drug-likeness (QED) is 0.669. The average molecular weight is 393 g/mol. The molecular weight excluding hydrogens is 370 g/mol. The van der Waals surface area contributed by atoms with E-state index in [0.29, 0.717) is 5.95 Å². The fourth-order valence-electron chi connectivity index (χ4n) is 3.53. The van der Waals surface area contributed by atoms with E-state index in [1.165, 1.54) is 7.11 Å². The van der Waals surface area contributed by atoms with E-state index in [2.05, 4.69) is 32.8 Å². The van der Waals surface area contributed by atoms with Gasteiger partial charge in [-0.1, -0.05) is 42.5 Å². The van der Waals surface area contributed by atoms with Gasteiger partial charge in [-0.15, -0.1) is 5.10 Å². The Morgan fingerprint density at radius 1 is 1.14 bits per heavy atom. The van der Waals surface area contributed by atoms with E-state index in [1.807, 2.05) is 47.1 Å². The van der Waals surface area contributed by atoms with Crippen molar-refractivity contribution in [3.05, 3.63) is 65.7 Å². The van der Waals surface area contributed by atoms with Crippen molar-refractivity contribution in [2.24, 2.45) is 0 Å². The molecule has 150 valence electrons. The normalized spacial score (nSPS) is 17.9. The summed E-state index contributed by atoms with van der Waals surface area (Å²) in [7, 11) is 3.12. The highest BCUT2D eigenvalue weighted by atomic mass is 16.5. The van der Waals surface area contributed by atoms with Crippen molar-refractivity contribution in [1.82, 2.24) is 14.8 Å². The molecule has 0 spiro atoms. The second kappa shape index (κ2) is 8.32. The number of benzene rings is 2. The smallest absolute Gasteiger partial charge is 0.252 e. The van der Waals surface area contributed by atoms with Gasteiger partial charge in [0.1, 0.15) is 12.4 Å². The maximum Gasteiger partial charge on any atom is 0.252 e. The van der Waals surface area contributed by atoms with Crippen molar-refractivity contribution in [2.45, 2.75) is 18.5 Å². The number of anilines is 2. The predicted molar refractivity (Wildman–Crippen MR) is 109 cm³/mol. The van der Waals surface area contributed by atoms with Gasteiger partial charge in [0.2, 0.25) is 5.95 Å². The zero-order valence-corrected chi connectivity index (χ0v) is 16.3. The molecule has 0 saturated carbocycles. The van der Waals surface area contributed by atoms with E-state index < -0.39 is 0 Å². The minimum Gasteiger partial charge on any atom is -0.497 e.